The van der Waals surface area contributed by atoms with Crippen LogP contribution in [0.15, 0.2) is 9.15 Å². The first kappa shape index (κ1) is 9.43. The van der Waals surface area contributed by atoms with Crippen LogP contribution in [-0.4, -0.2) is 13.1 Å². The van der Waals surface area contributed by atoms with Crippen molar-refractivity contribution in [3.8, 4) is 6.07 Å². The van der Waals surface area contributed by atoms with Gasteiger partial charge in [0.05, 0.1) is 12.7 Å². The molecule has 0 radical (unpaired) electrons. The van der Waals surface area contributed by atoms with Gasteiger partial charge in [-0.3, -0.25) is 0 Å². The fraction of sp³-hybridized carbons (Fsp3) is 0.333. The number of nitrogens with zero attached hydrogens (tertiary/aromatic N) is 1. The zero-order chi connectivity index (χ0) is 8.15. The van der Waals surface area contributed by atoms with Gasteiger partial charge in [-0.05, 0) is 29.5 Å². The van der Waals surface area contributed by atoms with Gasteiger partial charge >= 0.3 is 5.97 Å². The Hall–Kier alpha value is -0.570. The number of hydrogen-bond donors (Lipinski definition) is 0. The molecular formula is C6H6INO2. The Morgan fingerprint density at radius 3 is 2.50 bits per heavy atom. The van der Waals surface area contributed by atoms with Crippen LogP contribution < -0.4 is 0 Å². The Morgan fingerprint density at radius 2 is 2.20 bits per heavy atom. The van der Waals surface area contributed by atoms with Crippen molar-refractivity contribution >= 4 is 28.6 Å². The predicted molar refractivity (Wildman–Crippen MR) is 44.3 cm³/mol. The number of carbonyl (C=O) groups excluding carboxylic acids is 1. The molecule has 0 aliphatic carbocycles. The number of carbonyl (C=O) groups is 1. The minimum absolute atomic E-state index is 0.352. The Morgan fingerprint density at radius 1 is 1.70 bits per heavy atom. The highest BCUT2D eigenvalue weighted by atomic mass is 127. The lowest BCUT2D eigenvalue weighted by Gasteiger charge is -1.96. The molecule has 0 atom stereocenters. The SMILES string of the molecule is COC(=O)/C(C)=C(\I)C#N. The van der Waals surface area contributed by atoms with Crippen LogP contribution in [-0.2, 0) is 9.53 Å². The van der Waals surface area contributed by atoms with Gasteiger partial charge in [0.1, 0.15) is 9.65 Å². The zero-order valence-corrected chi connectivity index (χ0v) is 7.80. The van der Waals surface area contributed by atoms with Crippen molar-refractivity contribution in [2.45, 2.75) is 6.92 Å². The van der Waals surface area contributed by atoms with Crippen LogP contribution in [0.2, 0.25) is 0 Å². The average Bonchev–Trinajstić information content (AvgIpc) is 2.00. The number of ether oxygens (including phenoxy) is 1. The molecule has 0 aromatic rings. The summed E-state index contributed by atoms with van der Waals surface area (Å²) in [7, 11) is 1.28. The highest BCUT2D eigenvalue weighted by Crippen LogP contribution is 2.11. The molecule has 0 bridgehead atoms. The Bertz CT molecular complexity index is 214. The molecule has 0 aliphatic rings. The third-order valence-electron chi connectivity index (χ3n) is 0.919. The standard InChI is InChI=1S/C6H6INO2/c1-4(5(7)3-8)6(9)10-2/h1-2H3/b5-4-. The minimum Gasteiger partial charge on any atom is -0.466 e. The molecule has 0 saturated heterocycles. The van der Waals surface area contributed by atoms with E-state index in [2.05, 4.69) is 4.74 Å². The van der Waals surface area contributed by atoms with Crippen LogP contribution >= 0.6 is 22.6 Å². The van der Waals surface area contributed by atoms with Gasteiger partial charge < -0.3 is 4.74 Å². The third kappa shape index (κ3) is 2.35. The van der Waals surface area contributed by atoms with Crippen LogP contribution in [0.1, 0.15) is 6.92 Å². The molecule has 0 spiro atoms. The molecule has 0 aromatic carbocycles. The van der Waals surface area contributed by atoms with Gasteiger partial charge in [0.2, 0.25) is 0 Å². The maximum absolute atomic E-state index is 10.7. The van der Waals surface area contributed by atoms with Crippen LogP contribution in [0.5, 0.6) is 0 Å². The number of nitriles is 1. The second-order valence-electron chi connectivity index (χ2n) is 1.54. The van der Waals surface area contributed by atoms with Gasteiger partial charge in [-0.25, -0.2) is 4.79 Å². The number of rotatable bonds is 1. The second-order valence-corrected chi connectivity index (χ2v) is 2.62. The van der Waals surface area contributed by atoms with E-state index in [1.54, 1.807) is 29.5 Å². The third-order valence-corrected chi connectivity index (χ3v) is 1.97. The summed E-state index contributed by atoms with van der Waals surface area (Å²) >= 11 is 1.79. The lowest BCUT2D eigenvalue weighted by molar-refractivity contribution is -0.136. The maximum atomic E-state index is 10.7. The normalized spacial score (nSPS) is 11.4. The highest BCUT2D eigenvalue weighted by Gasteiger charge is 2.07. The van der Waals surface area contributed by atoms with E-state index < -0.39 is 5.97 Å². The van der Waals surface area contributed by atoms with Gasteiger partial charge in [0, 0.05) is 0 Å². The van der Waals surface area contributed by atoms with Gasteiger partial charge in [0.15, 0.2) is 0 Å². The van der Waals surface area contributed by atoms with Crippen molar-refractivity contribution in [3.63, 3.8) is 0 Å². The molecule has 54 valence electrons. The first-order valence-corrected chi connectivity index (χ1v) is 3.56. The van der Waals surface area contributed by atoms with E-state index in [0.717, 1.165) is 0 Å². The monoisotopic (exact) mass is 251 g/mol. The molecule has 0 rings (SSSR count). The molecule has 3 nitrogen and oxygen atoms in total. The van der Waals surface area contributed by atoms with Gasteiger partial charge in [-0.15, -0.1) is 0 Å². The van der Waals surface area contributed by atoms with Crippen LogP contribution in [0.3, 0.4) is 0 Å². The summed E-state index contributed by atoms with van der Waals surface area (Å²) in [5.41, 5.74) is 0.352. The molecule has 0 saturated carbocycles. The summed E-state index contributed by atoms with van der Waals surface area (Å²) in [5.74, 6) is -0.453. The fourth-order valence-corrected chi connectivity index (χ4v) is 0.547. The molecular weight excluding hydrogens is 245 g/mol. The maximum Gasteiger partial charge on any atom is 0.335 e. The first-order valence-electron chi connectivity index (χ1n) is 2.48. The quantitative estimate of drug-likeness (QED) is 0.306. The number of esters is 1. The molecule has 0 amide bonds. The Balaban J connectivity index is 4.51. The van der Waals surface area contributed by atoms with Crippen LogP contribution in [0.25, 0.3) is 0 Å². The number of halogens is 1. The van der Waals surface area contributed by atoms with Crippen molar-refractivity contribution in [3.05, 3.63) is 9.15 Å². The van der Waals surface area contributed by atoms with E-state index >= 15 is 0 Å². The van der Waals surface area contributed by atoms with Crippen molar-refractivity contribution in [2.24, 2.45) is 0 Å². The highest BCUT2D eigenvalue weighted by molar-refractivity contribution is 14.1. The average molecular weight is 251 g/mol. The smallest absolute Gasteiger partial charge is 0.335 e. The molecule has 4 heteroatoms. The fourth-order valence-electron chi connectivity index (χ4n) is 0.327. The molecule has 0 heterocycles. The van der Waals surface area contributed by atoms with Crippen LogP contribution in [0, 0.1) is 11.3 Å². The van der Waals surface area contributed by atoms with Crippen molar-refractivity contribution in [1.82, 2.24) is 0 Å². The largest absolute Gasteiger partial charge is 0.466 e. The summed E-state index contributed by atoms with van der Waals surface area (Å²) in [6, 6.07) is 1.85. The van der Waals surface area contributed by atoms with Crippen LogP contribution in [0.4, 0.5) is 0 Å². The Labute approximate surface area is 72.8 Å². The lowest BCUT2D eigenvalue weighted by atomic mass is 10.3. The van der Waals surface area contributed by atoms with E-state index in [0.29, 0.717) is 9.15 Å². The van der Waals surface area contributed by atoms with Gasteiger partial charge in [-0.1, -0.05) is 0 Å². The van der Waals surface area contributed by atoms with E-state index in [4.69, 9.17) is 5.26 Å². The van der Waals surface area contributed by atoms with E-state index in [1.165, 1.54) is 7.11 Å². The number of methoxy groups -OCH3 is 1. The molecule has 0 aromatic heterocycles. The van der Waals surface area contributed by atoms with Gasteiger partial charge in [-0.2, -0.15) is 5.26 Å². The molecule has 0 fully saturated rings. The molecule has 0 unspecified atom stereocenters. The number of hydrogen-bond acceptors (Lipinski definition) is 3. The second kappa shape index (κ2) is 4.28. The summed E-state index contributed by atoms with van der Waals surface area (Å²) < 4.78 is 4.75. The zero-order valence-electron chi connectivity index (χ0n) is 5.64. The summed E-state index contributed by atoms with van der Waals surface area (Å²) in [6.07, 6.45) is 0. The summed E-state index contributed by atoms with van der Waals surface area (Å²) in [6.45, 7) is 1.55. The van der Waals surface area contributed by atoms with Gasteiger partial charge in [0.25, 0.3) is 0 Å². The van der Waals surface area contributed by atoms with Crippen molar-refractivity contribution < 1.29 is 9.53 Å². The van der Waals surface area contributed by atoms with E-state index in [9.17, 15) is 4.79 Å². The van der Waals surface area contributed by atoms with E-state index in [1.807, 2.05) is 6.07 Å². The lowest BCUT2D eigenvalue weighted by Crippen LogP contribution is -2.02. The minimum atomic E-state index is -0.453. The van der Waals surface area contributed by atoms with E-state index in [-0.39, 0.29) is 0 Å². The first-order chi connectivity index (χ1) is 4.63. The summed E-state index contributed by atoms with van der Waals surface area (Å²) in [4.78, 5) is 10.7. The van der Waals surface area contributed by atoms with Crippen molar-refractivity contribution in [1.29, 1.82) is 5.26 Å². The molecule has 0 N–H and O–H groups in total. The summed E-state index contributed by atoms with van der Waals surface area (Å²) in [5, 5.41) is 8.33. The Kier molecular flexibility index (Phi) is 4.03. The predicted octanol–water partition coefficient (Wildman–Crippen LogP) is 1.39. The molecule has 0 aliphatic heterocycles. The number of allylic oxidation sites excluding steroid dienone is 1. The van der Waals surface area contributed by atoms with Crippen molar-refractivity contribution in [2.75, 3.05) is 7.11 Å². The topological polar surface area (TPSA) is 50.1 Å². The molecule has 10 heavy (non-hydrogen) atoms.